The number of nitriles is 1. The molecule has 0 heterocycles. The molecule has 1 amide bonds. The molecule has 0 aliphatic carbocycles. The summed E-state index contributed by atoms with van der Waals surface area (Å²) in [6.07, 6.45) is 0. The van der Waals surface area contributed by atoms with Crippen LogP contribution in [0.15, 0.2) is 18.2 Å². The van der Waals surface area contributed by atoms with Gasteiger partial charge >= 0.3 is 0 Å². The summed E-state index contributed by atoms with van der Waals surface area (Å²) in [6.45, 7) is -0.0241. The number of hydrogen-bond donors (Lipinski definition) is 2. The molecule has 17 heavy (non-hydrogen) atoms. The fourth-order valence-corrected chi connectivity index (χ4v) is 1.15. The number of methoxy groups -OCH3 is 1. The van der Waals surface area contributed by atoms with Crippen molar-refractivity contribution >= 4 is 11.6 Å². The van der Waals surface area contributed by atoms with Crippen LogP contribution in [0.5, 0.6) is 5.75 Å². The quantitative estimate of drug-likeness (QED) is 0.746. The molecule has 90 valence electrons. The first-order chi connectivity index (χ1) is 8.17. The second-order valence-corrected chi connectivity index (χ2v) is 3.14. The Balaban J connectivity index is 2.52. The van der Waals surface area contributed by atoms with Crippen LogP contribution in [-0.2, 0) is 4.79 Å². The number of hydrogen-bond acceptors (Lipinski definition) is 4. The van der Waals surface area contributed by atoms with Crippen molar-refractivity contribution in [1.82, 2.24) is 5.32 Å². The van der Waals surface area contributed by atoms with Crippen molar-refractivity contribution in [3.8, 4) is 11.8 Å². The smallest absolute Gasteiger partial charge is 0.240 e. The Morgan fingerprint density at radius 2 is 2.35 bits per heavy atom. The third kappa shape index (κ3) is 3.99. The lowest BCUT2D eigenvalue weighted by Crippen LogP contribution is -2.29. The molecule has 0 saturated carbocycles. The highest BCUT2D eigenvalue weighted by atomic mass is 19.1. The SMILES string of the molecule is COc1cc(NCC(=O)NCC#N)ccc1F. The van der Waals surface area contributed by atoms with Gasteiger partial charge in [0.15, 0.2) is 11.6 Å². The van der Waals surface area contributed by atoms with Gasteiger partial charge in [0.05, 0.1) is 19.7 Å². The van der Waals surface area contributed by atoms with Gasteiger partial charge in [-0.1, -0.05) is 0 Å². The topological polar surface area (TPSA) is 74.2 Å². The van der Waals surface area contributed by atoms with E-state index in [1.807, 2.05) is 0 Å². The van der Waals surface area contributed by atoms with E-state index in [2.05, 4.69) is 10.6 Å². The number of carbonyl (C=O) groups is 1. The van der Waals surface area contributed by atoms with E-state index < -0.39 is 5.82 Å². The van der Waals surface area contributed by atoms with Crippen molar-refractivity contribution < 1.29 is 13.9 Å². The van der Waals surface area contributed by atoms with Crippen molar-refractivity contribution in [2.45, 2.75) is 0 Å². The summed E-state index contributed by atoms with van der Waals surface area (Å²) in [6, 6.07) is 5.98. The fourth-order valence-electron chi connectivity index (χ4n) is 1.15. The van der Waals surface area contributed by atoms with Crippen molar-refractivity contribution in [2.24, 2.45) is 0 Å². The summed E-state index contributed by atoms with van der Waals surface area (Å²) in [5.74, 6) is -0.672. The summed E-state index contributed by atoms with van der Waals surface area (Å²) in [4.78, 5) is 11.2. The van der Waals surface area contributed by atoms with Gasteiger partial charge in [0.2, 0.25) is 5.91 Å². The van der Waals surface area contributed by atoms with Crippen molar-refractivity contribution in [3.05, 3.63) is 24.0 Å². The Morgan fingerprint density at radius 1 is 1.59 bits per heavy atom. The lowest BCUT2D eigenvalue weighted by Gasteiger charge is -2.08. The van der Waals surface area contributed by atoms with E-state index in [0.29, 0.717) is 5.69 Å². The van der Waals surface area contributed by atoms with E-state index in [4.69, 9.17) is 10.00 Å². The van der Waals surface area contributed by atoms with E-state index in [0.717, 1.165) is 0 Å². The maximum atomic E-state index is 13.1. The summed E-state index contributed by atoms with van der Waals surface area (Å²) < 4.78 is 17.9. The normalized spacial score (nSPS) is 9.24. The van der Waals surface area contributed by atoms with Gasteiger partial charge in [-0.15, -0.1) is 0 Å². The highest BCUT2D eigenvalue weighted by Crippen LogP contribution is 2.20. The molecule has 5 nitrogen and oxygen atoms in total. The Hall–Kier alpha value is -2.29. The number of benzene rings is 1. The van der Waals surface area contributed by atoms with Gasteiger partial charge < -0.3 is 15.4 Å². The number of ether oxygens (including phenoxy) is 1. The van der Waals surface area contributed by atoms with Gasteiger partial charge in [-0.3, -0.25) is 4.79 Å². The van der Waals surface area contributed by atoms with Crippen molar-refractivity contribution in [3.63, 3.8) is 0 Å². The minimum atomic E-state index is -0.466. The number of halogens is 1. The number of carbonyl (C=O) groups excluding carboxylic acids is 1. The Morgan fingerprint density at radius 3 is 3.00 bits per heavy atom. The summed E-state index contributed by atoms with van der Waals surface area (Å²) >= 11 is 0. The van der Waals surface area contributed by atoms with Crippen LogP contribution in [0.1, 0.15) is 0 Å². The van der Waals surface area contributed by atoms with Gasteiger partial charge in [0.1, 0.15) is 6.54 Å². The average molecular weight is 237 g/mol. The minimum Gasteiger partial charge on any atom is -0.494 e. The first-order valence-corrected chi connectivity index (χ1v) is 4.88. The molecule has 0 aliphatic rings. The Bertz CT molecular complexity index is 443. The first kappa shape index (κ1) is 12.8. The summed E-state index contributed by atoms with van der Waals surface area (Å²) in [7, 11) is 1.36. The summed E-state index contributed by atoms with van der Waals surface area (Å²) in [5.41, 5.74) is 0.565. The largest absolute Gasteiger partial charge is 0.494 e. The molecule has 0 atom stereocenters. The zero-order valence-corrected chi connectivity index (χ0v) is 9.29. The highest BCUT2D eigenvalue weighted by molar-refractivity contribution is 5.80. The van der Waals surface area contributed by atoms with E-state index in [1.54, 1.807) is 6.07 Å². The van der Waals surface area contributed by atoms with E-state index in [1.165, 1.54) is 25.3 Å². The van der Waals surface area contributed by atoms with Gasteiger partial charge in [-0.25, -0.2) is 4.39 Å². The second-order valence-electron chi connectivity index (χ2n) is 3.14. The zero-order chi connectivity index (χ0) is 12.7. The highest BCUT2D eigenvalue weighted by Gasteiger charge is 2.04. The number of amides is 1. The predicted octanol–water partition coefficient (Wildman–Crippen LogP) is 0.886. The zero-order valence-electron chi connectivity index (χ0n) is 9.29. The fraction of sp³-hybridized carbons (Fsp3) is 0.273. The Labute approximate surface area is 98.2 Å². The maximum absolute atomic E-state index is 13.1. The van der Waals surface area contributed by atoms with E-state index in [-0.39, 0.29) is 24.7 Å². The molecule has 1 aromatic carbocycles. The molecular formula is C11H12FN3O2. The first-order valence-electron chi connectivity index (χ1n) is 4.88. The van der Waals surface area contributed by atoms with Crippen LogP contribution in [0.4, 0.5) is 10.1 Å². The second kappa shape index (κ2) is 6.33. The molecule has 0 radical (unpaired) electrons. The van der Waals surface area contributed by atoms with Crippen LogP contribution in [0.3, 0.4) is 0 Å². The minimum absolute atomic E-state index is 0.0104. The molecule has 0 bridgehead atoms. The predicted molar refractivity (Wildman–Crippen MR) is 60.1 cm³/mol. The lowest BCUT2D eigenvalue weighted by molar-refractivity contribution is -0.119. The lowest BCUT2D eigenvalue weighted by atomic mass is 10.3. The van der Waals surface area contributed by atoms with Crippen LogP contribution in [-0.4, -0.2) is 26.1 Å². The summed E-state index contributed by atoms with van der Waals surface area (Å²) in [5, 5.41) is 13.4. The van der Waals surface area contributed by atoms with E-state index >= 15 is 0 Å². The molecule has 0 fully saturated rings. The van der Waals surface area contributed by atoms with Crippen LogP contribution in [0, 0.1) is 17.1 Å². The molecule has 6 heteroatoms. The molecule has 1 rings (SSSR count). The van der Waals surface area contributed by atoms with Crippen molar-refractivity contribution in [1.29, 1.82) is 5.26 Å². The average Bonchev–Trinajstić information content (AvgIpc) is 2.35. The molecule has 1 aromatic rings. The van der Waals surface area contributed by atoms with Crippen molar-refractivity contribution in [2.75, 3.05) is 25.5 Å². The molecular weight excluding hydrogens is 225 g/mol. The Kier molecular flexibility index (Phi) is 4.76. The van der Waals surface area contributed by atoms with Gasteiger partial charge in [-0.05, 0) is 12.1 Å². The van der Waals surface area contributed by atoms with E-state index in [9.17, 15) is 9.18 Å². The molecule has 0 spiro atoms. The molecule has 2 N–H and O–H groups in total. The van der Waals surface area contributed by atoms with Crippen LogP contribution >= 0.6 is 0 Å². The van der Waals surface area contributed by atoms with Gasteiger partial charge in [0.25, 0.3) is 0 Å². The third-order valence-electron chi connectivity index (χ3n) is 1.97. The maximum Gasteiger partial charge on any atom is 0.240 e. The van der Waals surface area contributed by atoms with Gasteiger partial charge in [0, 0.05) is 11.8 Å². The molecule has 0 unspecified atom stereocenters. The van der Waals surface area contributed by atoms with Crippen LogP contribution in [0.2, 0.25) is 0 Å². The monoisotopic (exact) mass is 237 g/mol. The number of nitrogens with one attached hydrogen (secondary N) is 2. The number of anilines is 1. The van der Waals surface area contributed by atoms with Crippen LogP contribution < -0.4 is 15.4 Å². The third-order valence-corrected chi connectivity index (χ3v) is 1.97. The standard InChI is InChI=1S/C11H12FN3O2/c1-17-10-6-8(2-3-9(10)12)15-7-11(16)14-5-4-13/h2-3,6,15H,5,7H2,1H3,(H,14,16). The van der Waals surface area contributed by atoms with Crippen LogP contribution in [0.25, 0.3) is 0 Å². The number of nitrogens with zero attached hydrogens (tertiary/aromatic N) is 1. The molecule has 0 aromatic heterocycles. The number of rotatable bonds is 5. The molecule has 0 saturated heterocycles. The molecule has 0 aliphatic heterocycles. The van der Waals surface area contributed by atoms with Gasteiger partial charge in [-0.2, -0.15) is 5.26 Å².